The fourth-order valence-corrected chi connectivity index (χ4v) is 11.1. The molecule has 11 nitrogen and oxygen atoms in total. The van der Waals surface area contributed by atoms with Crippen molar-refractivity contribution < 1.29 is 32.2 Å². The maximum absolute atomic E-state index is 13.2. The molecule has 13 heteroatoms. The van der Waals surface area contributed by atoms with E-state index in [1.807, 2.05) is 36.4 Å². The fraction of sp³-hybridized carbons (Fsp3) is 0.438. The number of nitrogens with zero attached hydrogens (tertiary/aromatic N) is 1. The van der Waals surface area contributed by atoms with Gasteiger partial charge in [0, 0.05) is 38.9 Å². The first kappa shape index (κ1) is 34.9. The first-order valence-electron chi connectivity index (χ1n) is 14.7. The largest absolute Gasteiger partial charge is 0.399 e. The molecule has 2 heterocycles. The molecule has 2 aromatic carbocycles. The number of ether oxygens (including phenoxy) is 3. The van der Waals surface area contributed by atoms with E-state index in [4.69, 9.17) is 27.7 Å². The molecule has 0 radical (unpaired) electrons. The highest BCUT2D eigenvalue weighted by atomic mass is 31.2. The summed E-state index contributed by atoms with van der Waals surface area (Å²) in [5.41, 5.74) is -0.839. The van der Waals surface area contributed by atoms with Gasteiger partial charge in [-0.3, -0.25) is 18.9 Å². The predicted molar refractivity (Wildman–Crippen MR) is 175 cm³/mol. The summed E-state index contributed by atoms with van der Waals surface area (Å²) >= 11 is 0. The van der Waals surface area contributed by atoms with Crippen LogP contribution in [-0.2, 0) is 32.2 Å². The van der Waals surface area contributed by atoms with E-state index in [-0.39, 0.29) is 13.2 Å². The van der Waals surface area contributed by atoms with Crippen molar-refractivity contribution in [3.8, 4) is 0 Å². The van der Waals surface area contributed by atoms with E-state index in [1.54, 1.807) is 20.1 Å². The van der Waals surface area contributed by atoms with Gasteiger partial charge in [-0.2, -0.15) is 0 Å². The second-order valence-corrected chi connectivity index (χ2v) is 18.2. The van der Waals surface area contributed by atoms with Gasteiger partial charge in [0.05, 0.1) is 13.2 Å². The van der Waals surface area contributed by atoms with Crippen LogP contribution in [0.15, 0.2) is 88.3 Å². The van der Waals surface area contributed by atoms with Crippen LogP contribution in [0, 0.1) is 6.92 Å². The van der Waals surface area contributed by atoms with E-state index in [1.165, 1.54) is 30.8 Å². The molecule has 244 valence electrons. The van der Waals surface area contributed by atoms with E-state index >= 15 is 0 Å². The molecule has 0 saturated carbocycles. The molecule has 0 bridgehead atoms. The van der Waals surface area contributed by atoms with Crippen molar-refractivity contribution in [2.75, 3.05) is 34.5 Å². The third kappa shape index (κ3) is 7.39. The molecule has 1 saturated heterocycles. The van der Waals surface area contributed by atoms with Gasteiger partial charge in [-0.1, -0.05) is 81.4 Å². The summed E-state index contributed by atoms with van der Waals surface area (Å²) in [7, 11) is -2.65. The third-order valence-electron chi connectivity index (χ3n) is 7.94. The zero-order valence-electron chi connectivity index (χ0n) is 26.8. The number of aromatic amines is 1. The summed E-state index contributed by atoms with van der Waals surface area (Å²) in [6.45, 7) is 8.50. The molecule has 1 aromatic heterocycles. The van der Waals surface area contributed by atoms with Crippen molar-refractivity contribution >= 4 is 26.3 Å². The Balaban J connectivity index is 1.97. The van der Waals surface area contributed by atoms with Gasteiger partial charge in [-0.25, -0.2) is 4.79 Å². The lowest BCUT2D eigenvalue weighted by atomic mass is 10.1. The molecule has 1 aliphatic heterocycles. The Kier molecular flexibility index (Phi) is 11.4. The summed E-state index contributed by atoms with van der Waals surface area (Å²) in [5.74, 6) is 1.33. The lowest BCUT2D eigenvalue weighted by Gasteiger charge is -2.45. The highest BCUT2D eigenvalue weighted by molar-refractivity contribution is 7.57. The van der Waals surface area contributed by atoms with Crippen molar-refractivity contribution in [2.24, 2.45) is 0 Å². The van der Waals surface area contributed by atoms with Crippen molar-refractivity contribution in [1.82, 2.24) is 9.55 Å². The fourth-order valence-electron chi connectivity index (χ4n) is 5.68. The van der Waals surface area contributed by atoms with E-state index < -0.39 is 56.7 Å². The molecule has 1 N–H and O–H groups in total. The number of benzene rings is 2. The second-order valence-electron chi connectivity index (χ2n) is 11.8. The predicted octanol–water partition coefficient (Wildman–Crippen LogP) is 3.72. The number of nitrogens with one attached hydrogen (secondary N) is 1. The number of hydrogen-bond donors (Lipinski definition) is 1. The SMILES string of the molecule is COCCO[C@H]1C(O[Si](c2ccccc2)(c2ccccc2)C(C)(C)C)[C@@H](/C=C/P(=O)(OC)OC)O[C@H]1n1cc(C)c(=O)[nH]c1=O. The first-order chi connectivity index (χ1) is 21.4. The minimum absolute atomic E-state index is 0.170. The number of rotatable bonds is 13. The van der Waals surface area contributed by atoms with Crippen LogP contribution in [0.1, 0.15) is 32.6 Å². The summed E-state index contributed by atoms with van der Waals surface area (Å²) in [5, 5.41) is 1.66. The molecule has 0 amide bonds. The Labute approximate surface area is 264 Å². The number of aryl methyl sites for hydroxylation is 1. The Morgan fingerprint density at radius 2 is 1.51 bits per heavy atom. The van der Waals surface area contributed by atoms with Crippen LogP contribution in [0.5, 0.6) is 0 Å². The molecular formula is C32H43N2O9PSi. The lowest BCUT2D eigenvalue weighted by Crippen LogP contribution is -2.69. The van der Waals surface area contributed by atoms with Crippen molar-refractivity contribution in [2.45, 2.75) is 57.3 Å². The van der Waals surface area contributed by atoms with Crippen molar-refractivity contribution in [3.05, 3.63) is 105 Å². The number of hydrogen-bond acceptors (Lipinski definition) is 9. The molecule has 1 unspecified atom stereocenters. The van der Waals surface area contributed by atoms with E-state index in [0.717, 1.165) is 10.4 Å². The molecule has 1 aliphatic rings. The topological polar surface area (TPSA) is 127 Å². The number of methoxy groups -OCH3 is 1. The summed E-state index contributed by atoms with van der Waals surface area (Å²) in [6.07, 6.45) is -0.555. The monoisotopic (exact) mass is 658 g/mol. The van der Waals surface area contributed by atoms with E-state index in [2.05, 4.69) is 50.0 Å². The van der Waals surface area contributed by atoms with Crippen LogP contribution in [-0.4, -0.2) is 70.7 Å². The summed E-state index contributed by atoms with van der Waals surface area (Å²) in [4.78, 5) is 27.8. The molecule has 0 aliphatic carbocycles. The van der Waals surface area contributed by atoms with Gasteiger partial charge in [0.1, 0.15) is 18.3 Å². The highest BCUT2D eigenvalue weighted by Gasteiger charge is 2.56. The summed E-state index contributed by atoms with van der Waals surface area (Å²) < 4.78 is 50.5. The molecule has 4 rings (SSSR count). The molecule has 4 atom stereocenters. The quantitative estimate of drug-likeness (QED) is 0.166. The van der Waals surface area contributed by atoms with Gasteiger partial charge in [0.25, 0.3) is 13.9 Å². The van der Waals surface area contributed by atoms with Crippen LogP contribution in [0.4, 0.5) is 0 Å². The minimum Gasteiger partial charge on any atom is -0.399 e. The molecular weight excluding hydrogens is 615 g/mol. The second kappa shape index (κ2) is 14.7. The third-order valence-corrected chi connectivity index (χ3v) is 14.5. The first-order valence-corrected chi connectivity index (χ1v) is 18.2. The Bertz CT molecular complexity index is 1560. The molecule has 1 fully saturated rings. The van der Waals surface area contributed by atoms with Crippen LogP contribution in [0.2, 0.25) is 5.04 Å². The molecule has 3 aromatic rings. The Hall–Kier alpha value is -2.93. The molecule has 45 heavy (non-hydrogen) atoms. The standard InChI is InChI=1S/C32H43N2O9PSi/c1-23-22-34(31(36)33-29(23)35)30-28(41-20-19-38-5)27(26(42-30)18-21-44(37,39-6)40-7)43-45(32(2,3)4,24-14-10-8-11-15-24)25-16-12-9-13-17-25/h8-18,21-22,26-28,30H,19-20H2,1-7H3,(H,33,35,36)/b21-18+/t26-,27?,28+,30-/m1/s1. The summed E-state index contributed by atoms with van der Waals surface area (Å²) in [6, 6.07) is 20.2. The van der Waals surface area contributed by atoms with Gasteiger partial charge in [-0.05, 0) is 28.4 Å². The average molecular weight is 659 g/mol. The maximum Gasteiger partial charge on any atom is 0.353 e. The van der Waals surface area contributed by atoms with Gasteiger partial charge < -0.3 is 27.7 Å². The van der Waals surface area contributed by atoms with Gasteiger partial charge in [-0.15, -0.1) is 0 Å². The van der Waals surface area contributed by atoms with Crippen LogP contribution in [0.3, 0.4) is 0 Å². The van der Waals surface area contributed by atoms with E-state index in [0.29, 0.717) is 5.56 Å². The maximum atomic E-state index is 13.2. The number of aromatic nitrogens is 2. The Morgan fingerprint density at radius 1 is 0.933 bits per heavy atom. The van der Waals surface area contributed by atoms with Crippen molar-refractivity contribution in [3.63, 3.8) is 0 Å². The smallest absolute Gasteiger partial charge is 0.353 e. The lowest BCUT2D eigenvalue weighted by molar-refractivity contribution is -0.0766. The zero-order valence-corrected chi connectivity index (χ0v) is 28.7. The average Bonchev–Trinajstić information content (AvgIpc) is 3.37. The highest BCUT2D eigenvalue weighted by Crippen LogP contribution is 2.49. The molecule has 0 spiro atoms. The normalized spacial score (nSPS) is 21.0. The zero-order chi connectivity index (χ0) is 32.8. The number of H-pyrrole nitrogens is 1. The van der Waals surface area contributed by atoms with Gasteiger partial charge in [0.2, 0.25) is 0 Å². The van der Waals surface area contributed by atoms with Gasteiger partial charge >= 0.3 is 13.3 Å². The van der Waals surface area contributed by atoms with Crippen LogP contribution >= 0.6 is 7.60 Å². The minimum atomic E-state index is -3.60. The van der Waals surface area contributed by atoms with Crippen LogP contribution < -0.4 is 21.6 Å². The Morgan fingerprint density at radius 3 is 2.02 bits per heavy atom. The van der Waals surface area contributed by atoms with E-state index in [9.17, 15) is 14.2 Å². The van der Waals surface area contributed by atoms with Gasteiger partial charge in [0.15, 0.2) is 6.23 Å². The van der Waals surface area contributed by atoms with Crippen molar-refractivity contribution in [1.29, 1.82) is 0 Å². The van der Waals surface area contributed by atoms with Crippen LogP contribution in [0.25, 0.3) is 0 Å².